The fraction of sp³-hybridized carbons (Fsp3) is 0.143. The highest BCUT2D eigenvalue weighted by Crippen LogP contribution is 2.26. The van der Waals surface area contributed by atoms with Gasteiger partial charge in [0.15, 0.2) is 6.10 Å². The smallest absolute Gasteiger partial charge is 0.342 e. The number of amides is 1. The maximum atomic E-state index is 12.4. The molecule has 0 aliphatic rings. The maximum Gasteiger partial charge on any atom is 0.342 e. The Morgan fingerprint density at radius 2 is 1.63 bits per heavy atom. The number of aromatic hydroxyl groups is 1. The Labute approximate surface area is 156 Å². The standard InChI is InChI=1S/C21H19NO5/c1-13(20(24)22-17-9-5-6-10-19(17)26-2)27-21(25)16-11-14-7-3-4-8-15(14)12-18(16)23/h3-13,23H,1-2H3,(H,22,24)/t13-/m1/s1. The van der Waals surface area contributed by atoms with E-state index >= 15 is 0 Å². The van der Waals surface area contributed by atoms with Crippen molar-refractivity contribution < 1.29 is 24.2 Å². The van der Waals surface area contributed by atoms with E-state index in [1.165, 1.54) is 26.2 Å². The number of nitrogens with one attached hydrogen (secondary N) is 1. The summed E-state index contributed by atoms with van der Waals surface area (Å²) in [4.78, 5) is 24.8. The van der Waals surface area contributed by atoms with Crippen LogP contribution in [0.5, 0.6) is 11.5 Å². The maximum absolute atomic E-state index is 12.4. The minimum absolute atomic E-state index is 0.00522. The zero-order chi connectivity index (χ0) is 19.4. The lowest BCUT2D eigenvalue weighted by Gasteiger charge is -2.15. The van der Waals surface area contributed by atoms with Crippen molar-refractivity contribution in [3.63, 3.8) is 0 Å². The lowest BCUT2D eigenvalue weighted by Crippen LogP contribution is -2.30. The van der Waals surface area contributed by atoms with E-state index in [2.05, 4.69) is 5.32 Å². The van der Waals surface area contributed by atoms with Gasteiger partial charge in [0.25, 0.3) is 5.91 Å². The minimum atomic E-state index is -1.06. The minimum Gasteiger partial charge on any atom is -0.507 e. The molecule has 0 saturated heterocycles. The van der Waals surface area contributed by atoms with Gasteiger partial charge < -0.3 is 19.9 Å². The molecule has 0 radical (unpaired) electrons. The summed E-state index contributed by atoms with van der Waals surface area (Å²) < 4.78 is 10.4. The number of hydrogen-bond donors (Lipinski definition) is 2. The molecule has 0 spiro atoms. The van der Waals surface area contributed by atoms with Gasteiger partial charge in [0, 0.05) is 0 Å². The molecule has 0 aromatic heterocycles. The molecule has 2 N–H and O–H groups in total. The van der Waals surface area contributed by atoms with E-state index < -0.39 is 18.0 Å². The average Bonchev–Trinajstić information content (AvgIpc) is 2.67. The van der Waals surface area contributed by atoms with Crippen molar-refractivity contribution in [1.29, 1.82) is 0 Å². The van der Waals surface area contributed by atoms with Crippen molar-refractivity contribution in [2.45, 2.75) is 13.0 Å². The van der Waals surface area contributed by atoms with Crippen molar-refractivity contribution >= 4 is 28.3 Å². The van der Waals surface area contributed by atoms with Crippen molar-refractivity contribution in [1.82, 2.24) is 0 Å². The highest BCUT2D eigenvalue weighted by atomic mass is 16.5. The second-order valence-corrected chi connectivity index (χ2v) is 5.95. The molecular formula is C21H19NO5. The number of carbonyl (C=O) groups is 2. The third-order valence-electron chi connectivity index (χ3n) is 4.10. The first kappa shape index (κ1) is 18.3. The topological polar surface area (TPSA) is 84.9 Å². The number of methoxy groups -OCH3 is 1. The van der Waals surface area contributed by atoms with E-state index in [0.29, 0.717) is 11.4 Å². The van der Waals surface area contributed by atoms with Crippen molar-refractivity contribution in [2.75, 3.05) is 12.4 Å². The number of esters is 1. The number of phenolic OH excluding ortho intramolecular Hbond substituents is 1. The van der Waals surface area contributed by atoms with Crippen LogP contribution in [0, 0.1) is 0 Å². The first-order chi connectivity index (χ1) is 13.0. The second-order valence-electron chi connectivity index (χ2n) is 5.95. The first-order valence-corrected chi connectivity index (χ1v) is 8.36. The van der Waals surface area contributed by atoms with Gasteiger partial charge in [-0.1, -0.05) is 36.4 Å². The number of benzene rings is 3. The number of rotatable bonds is 5. The SMILES string of the molecule is COc1ccccc1NC(=O)[C@@H](C)OC(=O)c1cc2ccccc2cc1O. The molecule has 1 amide bonds. The van der Waals surface area contributed by atoms with Crippen molar-refractivity contribution in [2.24, 2.45) is 0 Å². The van der Waals surface area contributed by atoms with Crippen LogP contribution < -0.4 is 10.1 Å². The van der Waals surface area contributed by atoms with Crippen LogP contribution in [0.15, 0.2) is 60.7 Å². The molecule has 3 aromatic carbocycles. The highest BCUT2D eigenvalue weighted by Gasteiger charge is 2.22. The molecule has 0 fully saturated rings. The van der Waals surface area contributed by atoms with E-state index in [9.17, 15) is 14.7 Å². The molecular weight excluding hydrogens is 346 g/mol. The number of para-hydroxylation sites is 2. The average molecular weight is 365 g/mol. The second kappa shape index (κ2) is 7.78. The summed E-state index contributed by atoms with van der Waals surface area (Å²) in [5, 5.41) is 14.4. The predicted octanol–water partition coefficient (Wildman–Crippen LogP) is 3.74. The van der Waals surface area contributed by atoms with Crippen LogP contribution in [-0.2, 0) is 9.53 Å². The fourth-order valence-electron chi connectivity index (χ4n) is 2.65. The molecule has 3 rings (SSSR count). The third-order valence-corrected chi connectivity index (χ3v) is 4.10. The summed E-state index contributed by atoms with van der Waals surface area (Å²) in [6.45, 7) is 1.46. The van der Waals surface area contributed by atoms with Crippen molar-refractivity contribution in [3.8, 4) is 11.5 Å². The summed E-state index contributed by atoms with van der Waals surface area (Å²) in [7, 11) is 1.50. The van der Waals surface area contributed by atoms with Gasteiger partial charge in [-0.05, 0) is 42.0 Å². The Kier molecular flexibility index (Phi) is 5.26. The highest BCUT2D eigenvalue weighted by molar-refractivity contribution is 6.01. The van der Waals surface area contributed by atoms with Crippen LogP contribution in [0.4, 0.5) is 5.69 Å². The number of anilines is 1. The summed E-state index contributed by atoms with van der Waals surface area (Å²) in [6.07, 6.45) is -1.06. The Morgan fingerprint density at radius 1 is 1.00 bits per heavy atom. The van der Waals surface area contributed by atoms with E-state index in [0.717, 1.165) is 10.8 Å². The van der Waals surface area contributed by atoms with Crippen LogP contribution in [0.25, 0.3) is 10.8 Å². The molecule has 1 atom stereocenters. The van der Waals surface area contributed by atoms with E-state index in [1.807, 2.05) is 24.3 Å². The van der Waals surface area contributed by atoms with Crippen LogP contribution in [0.2, 0.25) is 0 Å². The first-order valence-electron chi connectivity index (χ1n) is 8.36. The normalized spacial score (nSPS) is 11.6. The molecule has 138 valence electrons. The molecule has 0 aliphatic carbocycles. The fourth-order valence-corrected chi connectivity index (χ4v) is 2.65. The van der Waals surface area contributed by atoms with Gasteiger partial charge in [0.2, 0.25) is 0 Å². The summed E-state index contributed by atoms with van der Waals surface area (Å²) in [5.74, 6) is -0.985. The number of phenols is 1. The van der Waals surface area contributed by atoms with E-state index in [4.69, 9.17) is 9.47 Å². The van der Waals surface area contributed by atoms with Crippen molar-refractivity contribution in [3.05, 3.63) is 66.2 Å². The lowest BCUT2D eigenvalue weighted by atomic mass is 10.1. The molecule has 0 aliphatic heterocycles. The molecule has 0 saturated carbocycles. The van der Waals surface area contributed by atoms with Crippen LogP contribution in [0.3, 0.4) is 0 Å². The van der Waals surface area contributed by atoms with Crippen LogP contribution >= 0.6 is 0 Å². The number of ether oxygens (including phenoxy) is 2. The van der Waals surface area contributed by atoms with E-state index in [1.54, 1.807) is 24.3 Å². The van der Waals surface area contributed by atoms with Gasteiger partial charge >= 0.3 is 5.97 Å². The van der Waals surface area contributed by atoms with Gasteiger partial charge in [-0.25, -0.2) is 4.79 Å². The summed E-state index contributed by atoms with van der Waals surface area (Å²) >= 11 is 0. The largest absolute Gasteiger partial charge is 0.507 e. The van der Waals surface area contributed by atoms with Gasteiger partial charge in [-0.15, -0.1) is 0 Å². The van der Waals surface area contributed by atoms with Gasteiger partial charge in [-0.3, -0.25) is 4.79 Å². The molecule has 6 nitrogen and oxygen atoms in total. The Balaban J connectivity index is 1.73. The lowest BCUT2D eigenvalue weighted by molar-refractivity contribution is -0.123. The summed E-state index contributed by atoms with van der Waals surface area (Å²) in [5.41, 5.74) is 0.479. The quantitative estimate of drug-likeness (QED) is 0.673. The zero-order valence-corrected chi connectivity index (χ0v) is 14.9. The molecule has 0 bridgehead atoms. The molecule has 0 unspecified atom stereocenters. The monoisotopic (exact) mass is 365 g/mol. The summed E-state index contributed by atoms with van der Waals surface area (Å²) in [6, 6.07) is 17.3. The molecule has 0 heterocycles. The zero-order valence-electron chi connectivity index (χ0n) is 14.9. The van der Waals surface area contributed by atoms with Gasteiger partial charge in [0.1, 0.15) is 17.1 Å². The number of fused-ring (bicyclic) bond motifs is 1. The third kappa shape index (κ3) is 4.00. The van der Waals surface area contributed by atoms with Crippen LogP contribution in [-0.4, -0.2) is 30.2 Å². The van der Waals surface area contributed by atoms with Gasteiger partial charge in [-0.2, -0.15) is 0 Å². The molecule has 3 aromatic rings. The Bertz CT molecular complexity index is 999. The Morgan fingerprint density at radius 3 is 2.33 bits per heavy atom. The number of hydrogen-bond acceptors (Lipinski definition) is 5. The molecule has 6 heteroatoms. The predicted molar refractivity (Wildman–Crippen MR) is 102 cm³/mol. The number of carbonyl (C=O) groups excluding carboxylic acids is 2. The van der Waals surface area contributed by atoms with Crippen LogP contribution in [0.1, 0.15) is 17.3 Å². The molecule has 27 heavy (non-hydrogen) atoms. The van der Waals surface area contributed by atoms with Gasteiger partial charge in [0.05, 0.1) is 12.8 Å². The Hall–Kier alpha value is -3.54. The van der Waals surface area contributed by atoms with E-state index in [-0.39, 0.29) is 11.3 Å².